The first-order chi connectivity index (χ1) is 16.9. The van der Waals surface area contributed by atoms with E-state index >= 15 is 0 Å². The molecule has 0 atom stereocenters. The molecule has 0 saturated carbocycles. The Morgan fingerprint density at radius 2 is 1.77 bits per heavy atom. The Balaban J connectivity index is 1.69. The fraction of sp³-hybridized carbons (Fsp3) is 0.269. The van der Waals surface area contributed by atoms with Gasteiger partial charge in [-0.05, 0) is 56.2 Å². The number of hydrogen-bond donors (Lipinski definition) is 0. The van der Waals surface area contributed by atoms with Crippen molar-refractivity contribution in [3.63, 3.8) is 0 Å². The van der Waals surface area contributed by atoms with Gasteiger partial charge in [-0.2, -0.15) is 0 Å². The topological polar surface area (TPSA) is 65.7 Å². The Hall–Kier alpha value is -3.30. The van der Waals surface area contributed by atoms with Crippen LogP contribution in [0.5, 0.6) is 11.5 Å². The summed E-state index contributed by atoms with van der Waals surface area (Å²) in [6.45, 7) is 6.84. The number of rotatable bonds is 8. The standard InChI is InChI=1S/C26H27N3O4S2/c1-5-14-33-20-13-12-18(15-21(20)32-6-2)16-22-24(30)28(26(34)35-22)23-17(3)27(4)29(25(23)31)19-10-8-7-9-11-19/h7-13,15-16H,5-6,14H2,1-4H3/b22-16-. The number of ether oxygens (including phenoxy) is 2. The van der Waals surface area contributed by atoms with E-state index in [-0.39, 0.29) is 17.2 Å². The third-order valence-electron chi connectivity index (χ3n) is 5.57. The number of aromatic nitrogens is 2. The number of thioether (sulfide) groups is 1. The van der Waals surface area contributed by atoms with E-state index in [0.717, 1.165) is 12.0 Å². The van der Waals surface area contributed by atoms with Gasteiger partial charge in [0.05, 0.1) is 29.5 Å². The van der Waals surface area contributed by atoms with E-state index in [1.54, 1.807) is 17.8 Å². The Morgan fingerprint density at radius 3 is 2.46 bits per heavy atom. The van der Waals surface area contributed by atoms with Gasteiger partial charge < -0.3 is 9.47 Å². The van der Waals surface area contributed by atoms with E-state index in [4.69, 9.17) is 21.7 Å². The molecule has 1 saturated heterocycles. The number of carbonyl (C=O) groups is 1. The first kappa shape index (κ1) is 24.8. The first-order valence-corrected chi connectivity index (χ1v) is 12.6. The minimum absolute atomic E-state index is 0.264. The summed E-state index contributed by atoms with van der Waals surface area (Å²) in [6.07, 6.45) is 2.65. The second-order valence-corrected chi connectivity index (χ2v) is 9.59. The molecule has 0 bridgehead atoms. The normalized spacial score (nSPS) is 14.7. The van der Waals surface area contributed by atoms with Crippen LogP contribution in [0, 0.1) is 6.92 Å². The fourth-order valence-electron chi connectivity index (χ4n) is 3.84. The van der Waals surface area contributed by atoms with Gasteiger partial charge >= 0.3 is 0 Å². The van der Waals surface area contributed by atoms with Crippen molar-refractivity contribution in [1.29, 1.82) is 0 Å². The van der Waals surface area contributed by atoms with Gasteiger partial charge in [0.2, 0.25) is 0 Å². The molecule has 7 nitrogen and oxygen atoms in total. The monoisotopic (exact) mass is 509 g/mol. The summed E-state index contributed by atoms with van der Waals surface area (Å²) in [5.41, 5.74) is 2.10. The molecule has 9 heteroatoms. The minimum atomic E-state index is -0.324. The molecule has 1 amide bonds. The van der Waals surface area contributed by atoms with Gasteiger partial charge in [-0.3, -0.25) is 19.2 Å². The maximum Gasteiger partial charge on any atom is 0.296 e. The van der Waals surface area contributed by atoms with Gasteiger partial charge in [0.1, 0.15) is 5.69 Å². The summed E-state index contributed by atoms with van der Waals surface area (Å²) in [7, 11) is 1.79. The molecule has 0 unspecified atom stereocenters. The lowest BCUT2D eigenvalue weighted by atomic mass is 10.1. The van der Waals surface area contributed by atoms with Gasteiger partial charge in [0.25, 0.3) is 11.5 Å². The van der Waals surface area contributed by atoms with E-state index < -0.39 is 0 Å². The van der Waals surface area contributed by atoms with E-state index in [1.165, 1.54) is 21.3 Å². The lowest BCUT2D eigenvalue weighted by Gasteiger charge is -2.13. The van der Waals surface area contributed by atoms with E-state index in [2.05, 4.69) is 0 Å². The summed E-state index contributed by atoms with van der Waals surface area (Å²) in [5, 5.41) is 0. The fourth-order valence-corrected chi connectivity index (χ4v) is 5.11. The van der Waals surface area contributed by atoms with Crippen molar-refractivity contribution in [1.82, 2.24) is 9.36 Å². The highest BCUT2D eigenvalue weighted by Gasteiger charge is 2.37. The van der Waals surface area contributed by atoms with Crippen molar-refractivity contribution in [3.8, 4) is 17.2 Å². The predicted molar refractivity (Wildman–Crippen MR) is 145 cm³/mol. The number of carbonyl (C=O) groups excluding carboxylic acids is 1. The number of hydrogen-bond acceptors (Lipinski definition) is 6. The highest BCUT2D eigenvalue weighted by atomic mass is 32.2. The van der Waals surface area contributed by atoms with Crippen LogP contribution in [0.15, 0.2) is 58.2 Å². The Bertz CT molecular complexity index is 1360. The van der Waals surface area contributed by atoms with Crippen LogP contribution in [0.1, 0.15) is 31.5 Å². The number of nitrogens with zero attached hydrogens (tertiary/aromatic N) is 3. The first-order valence-electron chi connectivity index (χ1n) is 11.4. The molecule has 2 heterocycles. The molecule has 4 rings (SSSR count). The second kappa shape index (κ2) is 10.5. The van der Waals surface area contributed by atoms with Crippen LogP contribution >= 0.6 is 24.0 Å². The molecule has 35 heavy (non-hydrogen) atoms. The van der Waals surface area contributed by atoms with Crippen molar-refractivity contribution in [2.24, 2.45) is 7.05 Å². The summed E-state index contributed by atoms with van der Waals surface area (Å²) in [6, 6.07) is 14.9. The third kappa shape index (κ3) is 4.78. The average molecular weight is 510 g/mol. The lowest BCUT2D eigenvalue weighted by molar-refractivity contribution is -0.113. The Labute approximate surface area is 213 Å². The van der Waals surface area contributed by atoms with Crippen LogP contribution in [0.4, 0.5) is 5.69 Å². The van der Waals surface area contributed by atoms with Gasteiger partial charge in [-0.1, -0.05) is 55.2 Å². The SMILES string of the molecule is CCCOc1ccc(/C=C2\SC(=S)N(c3c(C)n(C)n(-c4ccccc4)c3=O)C2=O)cc1OCC. The molecular formula is C26H27N3O4S2. The van der Waals surface area contributed by atoms with Crippen LogP contribution < -0.4 is 19.9 Å². The highest BCUT2D eigenvalue weighted by molar-refractivity contribution is 8.27. The average Bonchev–Trinajstić information content (AvgIpc) is 3.24. The summed E-state index contributed by atoms with van der Waals surface area (Å²) in [4.78, 5) is 28.6. The van der Waals surface area contributed by atoms with Crippen LogP contribution in [0.3, 0.4) is 0 Å². The van der Waals surface area contributed by atoms with E-state index in [1.807, 2.05) is 69.3 Å². The predicted octanol–water partition coefficient (Wildman–Crippen LogP) is 5.08. The Morgan fingerprint density at radius 1 is 1.03 bits per heavy atom. The lowest BCUT2D eigenvalue weighted by Crippen LogP contribution is -2.33. The molecule has 2 aromatic carbocycles. The van der Waals surface area contributed by atoms with Gasteiger partial charge in [-0.15, -0.1) is 0 Å². The van der Waals surface area contributed by atoms with Crippen molar-refractivity contribution >= 4 is 46.0 Å². The summed E-state index contributed by atoms with van der Waals surface area (Å²) in [5.74, 6) is 0.963. The second-order valence-electron chi connectivity index (χ2n) is 7.91. The molecule has 0 aliphatic carbocycles. The number of anilines is 1. The largest absolute Gasteiger partial charge is 0.490 e. The molecule has 0 N–H and O–H groups in total. The van der Waals surface area contributed by atoms with Crippen LogP contribution in [-0.2, 0) is 11.8 Å². The molecule has 3 aromatic rings. The molecule has 1 fully saturated rings. The number of amides is 1. The molecule has 0 radical (unpaired) electrons. The summed E-state index contributed by atoms with van der Waals surface area (Å²) < 4.78 is 15.1. The van der Waals surface area contributed by atoms with Crippen molar-refractivity contribution in [2.75, 3.05) is 18.1 Å². The zero-order valence-corrected chi connectivity index (χ0v) is 21.7. The molecule has 1 aromatic heterocycles. The number of thiocarbonyl (C=S) groups is 1. The zero-order chi connectivity index (χ0) is 25.1. The minimum Gasteiger partial charge on any atom is -0.490 e. The van der Waals surface area contributed by atoms with Crippen molar-refractivity contribution in [3.05, 3.63) is 75.0 Å². The van der Waals surface area contributed by atoms with Gasteiger partial charge in [0.15, 0.2) is 15.8 Å². The Kier molecular flexibility index (Phi) is 7.47. The summed E-state index contributed by atoms with van der Waals surface area (Å²) >= 11 is 6.72. The van der Waals surface area contributed by atoms with Crippen molar-refractivity contribution in [2.45, 2.75) is 27.2 Å². The number of para-hydroxylation sites is 1. The third-order valence-corrected chi connectivity index (χ3v) is 6.87. The van der Waals surface area contributed by atoms with Gasteiger partial charge in [-0.25, -0.2) is 4.68 Å². The highest BCUT2D eigenvalue weighted by Crippen LogP contribution is 2.37. The maximum atomic E-state index is 13.4. The van der Waals surface area contributed by atoms with E-state index in [9.17, 15) is 9.59 Å². The molecular weight excluding hydrogens is 482 g/mol. The number of benzene rings is 2. The molecule has 182 valence electrons. The van der Waals surface area contributed by atoms with Crippen LogP contribution in [0.25, 0.3) is 11.8 Å². The van der Waals surface area contributed by atoms with Crippen LogP contribution in [-0.4, -0.2) is 32.8 Å². The van der Waals surface area contributed by atoms with E-state index in [0.29, 0.717) is 45.3 Å². The molecule has 1 aliphatic rings. The van der Waals surface area contributed by atoms with Crippen molar-refractivity contribution < 1.29 is 14.3 Å². The molecule has 1 aliphatic heterocycles. The zero-order valence-electron chi connectivity index (χ0n) is 20.1. The quantitative estimate of drug-likeness (QED) is 0.312. The molecule has 0 spiro atoms. The van der Waals surface area contributed by atoms with Crippen LogP contribution in [0.2, 0.25) is 0 Å². The van der Waals surface area contributed by atoms with Gasteiger partial charge in [0, 0.05) is 7.05 Å². The smallest absolute Gasteiger partial charge is 0.296 e. The maximum absolute atomic E-state index is 13.4.